The molecule has 1 heterocycles. The molecule has 3 aromatic rings. The van der Waals surface area contributed by atoms with Crippen LogP contribution in [0.15, 0.2) is 53.4 Å². The number of halogens is 1. The number of sulfonamides is 1. The maximum Gasteiger partial charge on any atom is 0.238 e. The van der Waals surface area contributed by atoms with E-state index in [4.69, 9.17) is 5.14 Å². The molecule has 4 rings (SSSR count). The summed E-state index contributed by atoms with van der Waals surface area (Å²) < 4.78 is 39.5. The lowest BCUT2D eigenvalue weighted by Gasteiger charge is -2.14. The monoisotopic (exact) mass is 457 g/mol. The van der Waals surface area contributed by atoms with Crippen LogP contribution in [-0.2, 0) is 23.0 Å². The van der Waals surface area contributed by atoms with Crippen molar-refractivity contribution < 1.29 is 12.8 Å². The van der Waals surface area contributed by atoms with Crippen molar-refractivity contribution in [2.24, 2.45) is 5.14 Å². The Kier molecular flexibility index (Phi) is 6.98. The van der Waals surface area contributed by atoms with Gasteiger partial charge in [-0.25, -0.2) is 27.6 Å². The van der Waals surface area contributed by atoms with E-state index in [-0.39, 0.29) is 10.6 Å². The highest BCUT2D eigenvalue weighted by molar-refractivity contribution is 7.89. The highest BCUT2D eigenvalue weighted by Gasteiger charge is 2.19. The van der Waals surface area contributed by atoms with E-state index in [1.54, 1.807) is 0 Å². The van der Waals surface area contributed by atoms with Gasteiger partial charge in [0.1, 0.15) is 17.3 Å². The van der Waals surface area contributed by atoms with Crippen LogP contribution in [0.25, 0.3) is 5.69 Å². The molecule has 0 bridgehead atoms. The van der Waals surface area contributed by atoms with Gasteiger partial charge in [0.2, 0.25) is 10.0 Å². The molecule has 1 saturated carbocycles. The molecule has 0 spiro atoms. The third kappa shape index (κ3) is 5.59. The van der Waals surface area contributed by atoms with E-state index in [1.807, 2.05) is 30.3 Å². The maximum absolute atomic E-state index is 14.9. The van der Waals surface area contributed by atoms with Crippen LogP contribution < -0.4 is 10.5 Å². The van der Waals surface area contributed by atoms with Crippen molar-refractivity contribution in [3.8, 4) is 5.69 Å². The van der Waals surface area contributed by atoms with Gasteiger partial charge in [-0.1, -0.05) is 56.0 Å². The summed E-state index contributed by atoms with van der Waals surface area (Å²) in [6.07, 6.45) is 7.75. The van der Waals surface area contributed by atoms with E-state index in [1.165, 1.54) is 42.5 Å². The lowest BCUT2D eigenvalue weighted by atomic mass is 10.1. The van der Waals surface area contributed by atoms with Crippen LogP contribution in [0, 0.1) is 5.82 Å². The van der Waals surface area contributed by atoms with E-state index in [0.717, 1.165) is 24.5 Å². The Balaban J connectivity index is 1.63. The molecule has 1 aliphatic rings. The van der Waals surface area contributed by atoms with Gasteiger partial charge in [0.15, 0.2) is 5.82 Å². The second-order valence-electron chi connectivity index (χ2n) is 8.25. The molecule has 170 valence electrons. The summed E-state index contributed by atoms with van der Waals surface area (Å²) in [6, 6.07) is 13.8. The summed E-state index contributed by atoms with van der Waals surface area (Å²) in [5, 5.41) is 13.2. The van der Waals surface area contributed by atoms with Gasteiger partial charge in [-0.05, 0) is 36.6 Å². The summed E-state index contributed by atoms with van der Waals surface area (Å²) in [5.74, 6) is 0.435. The third-order valence-corrected chi connectivity index (χ3v) is 6.71. The first-order valence-corrected chi connectivity index (χ1v) is 12.5. The van der Waals surface area contributed by atoms with Crippen molar-refractivity contribution in [2.45, 2.75) is 62.4 Å². The van der Waals surface area contributed by atoms with Gasteiger partial charge in [0, 0.05) is 12.5 Å². The zero-order valence-electron chi connectivity index (χ0n) is 17.9. The molecule has 1 aliphatic carbocycles. The van der Waals surface area contributed by atoms with E-state index in [0.29, 0.717) is 30.7 Å². The Morgan fingerprint density at radius 1 is 1.06 bits per heavy atom. The average molecular weight is 458 g/mol. The van der Waals surface area contributed by atoms with Crippen molar-refractivity contribution in [1.29, 1.82) is 0 Å². The molecule has 0 atom stereocenters. The lowest BCUT2D eigenvalue weighted by Crippen LogP contribution is -2.28. The molecule has 0 unspecified atom stereocenters. The quantitative estimate of drug-likeness (QED) is 0.529. The van der Waals surface area contributed by atoms with Crippen molar-refractivity contribution in [2.75, 3.05) is 0 Å². The highest BCUT2D eigenvalue weighted by atomic mass is 32.2. The number of rotatable bonds is 7. The molecule has 0 saturated heterocycles. The molecule has 0 amide bonds. The summed E-state index contributed by atoms with van der Waals surface area (Å²) in [7, 11) is -4.00. The standard InChI is InChI=1S/C23H28FN5O2S/c24-20-15-19(32(25,30)31)12-13-21(20)29-23(14-17-8-4-3-5-9-17)27-22(28-29)16-26-18-10-6-1-2-7-11-18/h3-5,8-9,12-13,15,18,26H,1-2,6-7,10-11,14,16H2,(H2,25,30,31). The predicted octanol–water partition coefficient (Wildman–Crippen LogP) is 3.46. The Bertz CT molecular complexity index is 1160. The van der Waals surface area contributed by atoms with Crippen molar-refractivity contribution in [3.63, 3.8) is 0 Å². The van der Waals surface area contributed by atoms with Crippen LogP contribution in [0.4, 0.5) is 4.39 Å². The Labute approximate surface area is 187 Å². The Morgan fingerprint density at radius 2 is 1.78 bits per heavy atom. The van der Waals surface area contributed by atoms with E-state index in [9.17, 15) is 12.8 Å². The van der Waals surface area contributed by atoms with E-state index < -0.39 is 15.8 Å². The number of nitrogens with zero attached hydrogens (tertiary/aromatic N) is 3. The fourth-order valence-electron chi connectivity index (χ4n) is 4.11. The molecule has 2 aromatic carbocycles. The molecular weight excluding hydrogens is 429 g/mol. The zero-order chi connectivity index (χ0) is 22.6. The summed E-state index contributed by atoms with van der Waals surface area (Å²) >= 11 is 0. The minimum Gasteiger partial charge on any atom is -0.307 e. The normalized spacial score (nSPS) is 15.6. The van der Waals surface area contributed by atoms with Crippen LogP contribution in [0.5, 0.6) is 0 Å². The SMILES string of the molecule is NS(=O)(=O)c1ccc(-n2nc(CNC3CCCCCC3)nc2Cc2ccccc2)c(F)c1. The zero-order valence-corrected chi connectivity index (χ0v) is 18.7. The minimum absolute atomic E-state index is 0.136. The molecule has 32 heavy (non-hydrogen) atoms. The first-order valence-electron chi connectivity index (χ1n) is 10.9. The lowest BCUT2D eigenvalue weighted by molar-refractivity contribution is 0.452. The maximum atomic E-state index is 14.9. The van der Waals surface area contributed by atoms with E-state index >= 15 is 0 Å². The topological polar surface area (TPSA) is 103 Å². The minimum atomic E-state index is -4.00. The van der Waals surface area contributed by atoms with Crippen LogP contribution in [0.3, 0.4) is 0 Å². The van der Waals surface area contributed by atoms with Crippen molar-refractivity contribution in [3.05, 3.63) is 71.6 Å². The molecule has 1 fully saturated rings. The van der Waals surface area contributed by atoms with E-state index in [2.05, 4.69) is 15.4 Å². The number of primary sulfonamides is 1. The average Bonchev–Trinajstić information content (AvgIpc) is 2.97. The van der Waals surface area contributed by atoms with Crippen LogP contribution >= 0.6 is 0 Å². The fraction of sp³-hybridized carbons (Fsp3) is 0.391. The second-order valence-corrected chi connectivity index (χ2v) is 9.81. The molecule has 0 radical (unpaired) electrons. The van der Waals surface area contributed by atoms with Gasteiger partial charge in [-0.3, -0.25) is 0 Å². The molecule has 9 heteroatoms. The molecule has 7 nitrogen and oxygen atoms in total. The van der Waals surface area contributed by atoms with Gasteiger partial charge in [-0.15, -0.1) is 5.10 Å². The van der Waals surface area contributed by atoms with Gasteiger partial charge in [-0.2, -0.15) is 0 Å². The number of hydrogen-bond acceptors (Lipinski definition) is 5. The number of nitrogens with one attached hydrogen (secondary N) is 1. The van der Waals surface area contributed by atoms with Gasteiger partial charge >= 0.3 is 0 Å². The molecule has 1 aromatic heterocycles. The van der Waals surface area contributed by atoms with Gasteiger partial charge in [0.25, 0.3) is 0 Å². The van der Waals surface area contributed by atoms with Crippen LogP contribution in [0.1, 0.15) is 55.7 Å². The Morgan fingerprint density at radius 3 is 2.44 bits per heavy atom. The number of nitrogens with two attached hydrogens (primary N) is 1. The fourth-order valence-corrected chi connectivity index (χ4v) is 4.63. The van der Waals surface area contributed by atoms with Crippen LogP contribution in [0.2, 0.25) is 0 Å². The smallest absolute Gasteiger partial charge is 0.238 e. The van der Waals surface area contributed by atoms with Crippen LogP contribution in [-0.4, -0.2) is 29.2 Å². The first-order chi connectivity index (χ1) is 15.4. The van der Waals surface area contributed by atoms with Crippen molar-refractivity contribution >= 4 is 10.0 Å². The molecular formula is C23H28FN5O2S. The molecule has 0 aliphatic heterocycles. The number of hydrogen-bond donors (Lipinski definition) is 2. The number of aromatic nitrogens is 3. The first kappa shape index (κ1) is 22.6. The summed E-state index contributed by atoms with van der Waals surface area (Å²) in [5.41, 5.74) is 1.16. The predicted molar refractivity (Wildman–Crippen MR) is 120 cm³/mol. The highest BCUT2D eigenvalue weighted by Crippen LogP contribution is 2.21. The second kappa shape index (κ2) is 9.89. The van der Waals surface area contributed by atoms with Gasteiger partial charge < -0.3 is 5.32 Å². The Hall–Kier alpha value is -2.62. The third-order valence-electron chi connectivity index (χ3n) is 5.80. The summed E-state index contributed by atoms with van der Waals surface area (Å²) in [6.45, 7) is 0.496. The largest absolute Gasteiger partial charge is 0.307 e. The summed E-state index contributed by atoms with van der Waals surface area (Å²) in [4.78, 5) is 4.40. The van der Waals surface area contributed by atoms with Crippen molar-refractivity contribution in [1.82, 2.24) is 20.1 Å². The van der Waals surface area contributed by atoms with Gasteiger partial charge in [0.05, 0.1) is 11.4 Å². The molecule has 3 N–H and O–H groups in total. The number of benzene rings is 2.